The van der Waals surface area contributed by atoms with Gasteiger partial charge in [0.1, 0.15) is 0 Å². The van der Waals surface area contributed by atoms with E-state index in [-0.39, 0.29) is 0 Å². The van der Waals surface area contributed by atoms with Gasteiger partial charge in [-0.2, -0.15) is 5.10 Å². The fraction of sp³-hybridized carbons (Fsp3) is 0.0667. The van der Waals surface area contributed by atoms with Crippen LogP contribution in [0.3, 0.4) is 0 Å². The third-order valence-corrected chi connectivity index (χ3v) is 4.76. The Bertz CT molecular complexity index is 763. The number of hydrogen-bond donors (Lipinski definition) is 1. The molecule has 21 heavy (non-hydrogen) atoms. The lowest BCUT2D eigenvalue weighted by Crippen LogP contribution is -1.89. The number of rotatable bonds is 4. The minimum absolute atomic E-state index is 0.698. The van der Waals surface area contributed by atoms with Gasteiger partial charge in [0.05, 0.1) is 16.8 Å². The number of halogens is 1. The van der Waals surface area contributed by atoms with E-state index >= 15 is 0 Å². The van der Waals surface area contributed by atoms with Gasteiger partial charge in [-0.05, 0) is 36.1 Å². The molecular weight excluding hydrogens is 322 g/mol. The number of thiazole rings is 1. The van der Waals surface area contributed by atoms with Gasteiger partial charge in [-0.3, -0.25) is 5.43 Å². The SMILES string of the molecule is Cc1sc(N/N=C\c2cccc(Cl)c2)nc1-c1cccs1. The highest BCUT2D eigenvalue weighted by Crippen LogP contribution is 2.32. The lowest BCUT2D eigenvalue weighted by molar-refractivity contribution is 1.29. The van der Waals surface area contributed by atoms with Gasteiger partial charge in [-0.25, -0.2) is 4.98 Å². The quantitative estimate of drug-likeness (QED) is 0.521. The van der Waals surface area contributed by atoms with Crippen LogP contribution in [0.25, 0.3) is 10.6 Å². The second-order valence-electron chi connectivity index (χ2n) is 4.33. The monoisotopic (exact) mass is 333 g/mol. The van der Waals surface area contributed by atoms with E-state index < -0.39 is 0 Å². The summed E-state index contributed by atoms with van der Waals surface area (Å²) in [6, 6.07) is 11.6. The van der Waals surface area contributed by atoms with Crippen molar-refractivity contribution in [1.29, 1.82) is 0 Å². The summed E-state index contributed by atoms with van der Waals surface area (Å²) in [5.74, 6) is 0. The van der Waals surface area contributed by atoms with Gasteiger partial charge in [0.2, 0.25) is 5.13 Å². The number of aryl methyl sites for hydroxylation is 1. The van der Waals surface area contributed by atoms with Crippen molar-refractivity contribution in [1.82, 2.24) is 4.98 Å². The molecule has 1 N–H and O–H groups in total. The van der Waals surface area contributed by atoms with Crippen LogP contribution < -0.4 is 5.43 Å². The summed E-state index contributed by atoms with van der Waals surface area (Å²) < 4.78 is 0. The van der Waals surface area contributed by atoms with Crippen molar-refractivity contribution in [2.24, 2.45) is 5.10 Å². The number of hydrogen-bond acceptors (Lipinski definition) is 5. The van der Waals surface area contributed by atoms with E-state index in [1.807, 2.05) is 30.3 Å². The van der Waals surface area contributed by atoms with Gasteiger partial charge in [0, 0.05) is 9.90 Å². The molecule has 0 fully saturated rings. The zero-order chi connectivity index (χ0) is 14.7. The van der Waals surface area contributed by atoms with E-state index in [4.69, 9.17) is 11.6 Å². The van der Waals surface area contributed by atoms with E-state index in [0.29, 0.717) is 5.02 Å². The first-order valence-corrected chi connectivity index (χ1v) is 8.36. The Kier molecular flexibility index (Phi) is 4.34. The number of hydrazone groups is 1. The molecule has 0 amide bonds. The van der Waals surface area contributed by atoms with Crippen LogP contribution in [-0.2, 0) is 0 Å². The molecule has 0 aliphatic carbocycles. The molecule has 6 heteroatoms. The lowest BCUT2D eigenvalue weighted by atomic mass is 10.2. The van der Waals surface area contributed by atoms with E-state index in [9.17, 15) is 0 Å². The average molecular weight is 334 g/mol. The van der Waals surface area contributed by atoms with Crippen LogP contribution >= 0.6 is 34.3 Å². The molecule has 3 rings (SSSR count). The summed E-state index contributed by atoms with van der Waals surface area (Å²) in [6.45, 7) is 2.07. The molecule has 0 aliphatic rings. The summed E-state index contributed by atoms with van der Waals surface area (Å²) in [5, 5.41) is 7.74. The third-order valence-electron chi connectivity index (χ3n) is 2.77. The number of thiophene rings is 1. The second kappa shape index (κ2) is 6.39. The average Bonchev–Trinajstić information content (AvgIpc) is 3.08. The highest BCUT2D eigenvalue weighted by Gasteiger charge is 2.09. The molecule has 0 unspecified atom stereocenters. The normalized spacial score (nSPS) is 11.1. The van der Waals surface area contributed by atoms with Crippen LogP contribution in [0, 0.1) is 6.92 Å². The molecule has 2 aromatic heterocycles. The molecule has 3 nitrogen and oxygen atoms in total. The number of benzene rings is 1. The first-order valence-electron chi connectivity index (χ1n) is 6.28. The van der Waals surface area contributed by atoms with Gasteiger partial charge in [0.15, 0.2) is 0 Å². The highest BCUT2D eigenvalue weighted by molar-refractivity contribution is 7.17. The Labute approximate surface area is 135 Å². The summed E-state index contributed by atoms with van der Waals surface area (Å²) in [4.78, 5) is 6.93. The molecular formula is C15H12ClN3S2. The zero-order valence-electron chi connectivity index (χ0n) is 11.2. The first kappa shape index (κ1) is 14.3. The number of nitrogens with zero attached hydrogens (tertiary/aromatic N) is 2. The molecule has 2 heterocycles. The van der Waals surface area contributed by atoms with Gasteiger partial charge in [-0.15, -0.1) is 22.7 Å². The Balaban J connectivity index is 1.73. The van der Waals surface area contributed by atoms with Crippen LogP contribution in [0.15, 0.2) is 46.9 Å². The Morgan fingerprint density at radius 3 is 2.95 bits per heavy atom. The van der Waals surface area contributed by atoms with Crippen molar-refractivity contribution in [2.75, 3.05) is 5.43 Å². The van der Waals surface area contributed by atoms with E-state index in [1.54, 1.807) is 28.9 Å². The number of nitrogens with one attached hydrogen (secondary N) is 1. The summed E-state index contributed by atoms with van der Waals surface area (Å²) in [7, 11) is 0. The Hall–Kier alpha value is -1.69. The zero-order valence-corrected chi connectivity index (χ0v) is 13.6. The van der Waals surface area contributed by atoms with Crippen molar-refractivity contribution in [3.8, 4) is 10.6 Å². The fourth-order valence-corrected chi connectivity index (χ4v) is 3.65. The predicted molar refractivity (Wildman–Crippen MR) is 92.8 cm³/mol. The van der Waals surface area contributed by atoms with Crippen molar-refractivity contribution < 1.29 is 0 Å². The van der Waals surface area contributed by atoms with E-state index in [2.05, 4.69) is 33.9 Å². The summed E-state index contributed by atoms with van der Waals surface area (Å²) >= 11 is 9.22. The van der Waals surface area contributed by atoms with Crippen LogP contribution in [0.4, 0.5) is 5.13 Å². The number of anilines is 1. The Morgan fingerprint density at radius 2 is 2.19 bits per heavy atom. The van der Waals surface area contributed by atoms with Crippen LogP contribution in [0.2, 0.25) is 5.02 Å². The van der Waals surface area contributed by atoms with Crippen LogP contribution in [0.1, 0.15) is 10.4 Å². The molecule has 0 bridgehead atoms. The Morgan fingerprint density at radius 1 is 1.29 bits per heavy atom. The summed E-state index contributed by atoms with van der Waals surface area (Å²) in [5.41, 5.74) is 4.94. The maximum absolute atomic E-state index is 5.93. The second-order valence-corrected chi connectivity index (χ2v) is 6.91. The maximum Gasteiger partial charge on any atom is 0.204 e. The largest absolute Gasteiger partial charge is 0.253 e. The minimum atomic E-state index is 0.698. The third kappa shape index (κ3) is 3.50. The van der Waals surface area contributed by atoms with E-state index in [1.165, 1.54) is 9.75 Å². The predicted octanol–water partition coefficient (Wildman–Crippen LogP) is 5.28. The van der Waals surface area contributed by atoms with Crippen molar-refractivity contribution in [3.63, 3.8) is 0 Å². The van der Waals surface area contributed by atoms with Gasteiger partial charge >= 0.3 is 0 Å². The summed E-state index contributed by atoms with van der Waals surface area (Å²) in [6.07, 6.45) is 1.73. The molecule has 106 valence electrons. The molecule has 1 aromatic carbocycles. The highest BCUT2D eigenvalue weighted by atomic mass is 35.5. The minimum Gasteiger partial charge on any atom is -0.253 e. The maximum atomic E-state index is 5.93. The smallest absolute Gasteiger partial charge is 0.204 e. The van der Waals surface area contributed by atoms with E-state index in [0.717, 1.165) is 16.4 Å². The van der Waals surface area contributed by atoms with Crippen molar-refractivity contribution in [3.05, 3.63) is 57.2 Å². The van der Waals surface area contributed by atoms with Gasteiger partial charge in [0.25, 0.3) is 0 Å². The molecule has 0 spiro atoms. The van der Waals surface area contributed by atoms with Crippen LogP contribution in [0.5, 0.6) is 0 Å². The molecule has 0 aliphatic heterocycles. The van der Waals surface area contributed by atoms with Crippen molar-refractivity contribution in [2.45, 2.75) is 6.92 Å². The molecule has 0 saturated carbocycles. The number of aromatic nitrogens is 1. The lowest BCUT2D eigenvalue weighted by Gasteiger charge is -1.95. The molecule has 0 saturated heterocycles. The fourth-order valence-electron chi connectivity index (χ4n) is 1.84. The molecule has 3 aromatic rings. The van der Waals surface area contributed by atoms with Crippen LogP contribution in [-0.4, -0.2) is 11.2 Å². The topological polar surface area (TPSA) is 37.3 Å². The van der Waals surface area contributed by atoms with Gasteiger partial charge < -0.3 is 0 Å². The molecule has 0 atom stereocenters. The first-order chi connectivity index (χ1) is 10.2. The molecule has 0 radical (unpaired) electrons. The standard InChI is InChI=1S/C15H12ClN3S2/c1-10-14(13-6-3-7-20-13)18-15(21-10)19-17-9-11-4-2-5-12(16)8-11/h2-9H,1H3,(H,18,19)/b17-9-. The van der Waals surface area contributed by atoms with Gasteiger partial charge in [-0.1, -0.05) is 29.8 Å². The van der Waals surface area contributed by atoms with Crippen molar-refractivity contribution >= 4 is 45.6 Å².